The smallest absolute Gasteiger partial charge is 0.338 e. The summed E-state index contributed by atoms with van der Waals surface area (Å²) in [6.07, 6.45) is -6.86. The van der Waals surface area contributed by atoms with Crippen LogP contribution in [0.1, 0.15) is 27.7 Å². The zero-order chi connectivity index (χ0) is 24.1. The van der Waals surface area contributed by atoms with Crippen molar-refractivity contribution in [1.29, 1.82) is 0 Å². The Hall–Kier alpha value is -2.44. The fraction of sp³-hybridized carbons (Fsp3) is 0.850. The van der Waals surface area contributed by atoms with Crippen LogP contribution in [0.5, 0.6) is 0 Å². The van der Waals surface area contributed by atoms with E-state index in [1.54, 1.807) is 20.8 Å². The van der Waals surface area contributed by atoms with E-state index in [-0.39, 0.29) is 0 Å². The molecule has 2 saturated carbocycles. The summed E-state index contributed by atoms with van der Waals surface area (Å²) in [5.74, 6) is -8.86. The topological polar surface area (TPSA) is 198 Å². The van der Waals surface area contributed by atoms with Crippen LogP contribution < -0.4 is 0 Å². The van der Waals surface area contributed by atoms with Crippen LogP contribution in [0.3, 0.4) is 0 Å². The molecule has 0 radical (unpaired) electrons. The number of fused-ring (bicyclic) bond motifs is 1. The van der Waals surface area contributed by atoms with Crippen LogP contribution in [0.2, 0.25) is 0 Å². The summed E-state index contributed by atoms with van der Waals surface area (Å²) in [6.45, 7) is 6.64. The van der Waals surface area contributed by atoms with Crippen molar-refractivity contribution in [2.75, 3.05) is 0 Å². The number of hydrogen-bond acceptors (Lipinski definition) is 11. The number of carbonyl (C=O) groups excluding carboxylic acids is 3. The maximum Gasteiger partial charge on any atom is 0.338 e. The molecule has 4 aliphatic heterocycles. The van der Waals surface area contributed by atoms with Gasteiger partial charge < -0.3 is 29.5 Å². The van der Waals surface area contributed by atoms with Crippen molar-refractivity contribution in [3.8, 4) is 0 Å². The molecule has 3 N–H and O–H groups in total. The molecule has 12 atom stereocenters. The molecule has 0 aromatic carbocycles. The van der Waals surface area contributed by atoms with E-state index in [1.165, 1.54) is 6.92 Å². The highest BCUT2D eigenvalue weighted by Gasteiger charge is 3.04. The lowest BCUT2D eigenvalue weighted by atomic mass is 9.52. The number of carbonyl (C=O) groups is 3. The van der Waals surface area contributed by atoms with Crippen LogP contribution in [0.4, 0.5) is 0 Å². The third-order valence-corrected chi connectivity index (χ3v) is 9.10. The Morgan fingerprint density at radius 1 is 1.09 bits per heavy atom. The molecule has 0 bridgehead atoms. The summed E-state index contributed by atoms with van der Waals surface area (Å²) in [6, 6.07) is -1.19. The van der Waals surface area contributed by atoms with Gasteiger partial charge in [-0.25, -0.2) is 4.79 Å². The van der Waals surface area contributed by atoms with Crippen molar-refractivity contribution in [3.05, 3.63) is 10.4 Å². The lowest BCUT2D eigenvalue weighted by molar-refractivity contribution is -0.324. The number of hydrogen-bond donors (Lipinski definition) is 3. The summed E-state index contributed by atoms with van der Waals surface area (Å²) in [7, 11) is 0. The summed E-state index contributed by atoms with van der Waals surface area (Å²) >= 11 is 0. The standard InChI is InChI=1S/C20H23N3O10/c1-5-12(26)30-11-9(24)18-6-7(22-23-21)8(16(2,3)4)17(18)10(25)14(28)31-15(17)33-20(18,19(5,11)29)32-13(6)27/h5-11,15,24-25,29H,1-4H3/t5-,6+,7-,8+,9+,10+,11+,15+,17+,18+,19-,20+/m1/s1. The molecule has 33 heavy (non-hydrogen) atoms. The van der Waals surface area contributed by atoms with E-state index < -0.39 is 93.9 Å². The molecule has 6 fully saturated rings. The average Bonchev–Trinajstić information content (AvgIpc) is 3.41. The van der Waals surface area contributed by atoms with Crippen molar-refractivity contribution < 1.29 is 48.7 Å². The van der Waals surface area contributed by atoms with Gasteiger partial charge in [0.1, 0.15) is 6.10 Å². The maximum absolute atomic E-state index is 13.4. The number of azide groups is 1. The highest BCUT2D eigenvalue weighted by molar-refractivity contribution is 5.87. The zero-order valence-corrected chi connectivity index (χ0v) is 18.2. The summed E-state index contributed by atoms with van der Waals surface area (Å²) in [5.41, 5.74) is 2.31. The van der Waals surface area contributed by atoms with Crippen LogP contribution in [-0.2, 0) is 33.3 Å². The Labute approximate surface area is 186 Å². The molecule has 0 aromatic rings. The fourth-order valence-electron chi connectivity index (χ4n) is 8.42. The van der Waals surface area contributed by atoms with Crippen molar-refractivity contribution in [2.24, 2.45) is 39.1 Å². The Balaban J connectivity index is 1.76. The lowest BCUT2D eigenvalue weighted by Gasteiger charge is -2.48. The molecular formula is C20H23N3O10. The molecule has 6 aliphatic rings. The second kappa shape index (κ2) is 5.44. The summed E-state index contributed by atoms with van der Waals surface area (Å²) < 4.78 is 22.5. The normalized spacial score (nSPS) is 57.6. The molecule has 4 saturated heterocycles. The quantitative estimate of drug-likeness (QED) is 0.144. The molecular weight excluding hydrogens is 442 g/mol. The monoisotopic (exact) mass is 465 g/mol. The van der Waals surface area contributed by atoms with Gasteiger partial charge in [-0.05, 0) is 23.8 Å². The van der Waals surface area contributed by atoms with Crippen molar-refractivity contribution in [2.45, 2.75) is 69.7 Å². The average molecular weight is 465 g/mol. The molecule has 178 valence electrons. The van der Waals surface area contributed by atoms with E-state index >= 15 is 0 Å². The van der Waals surface area contributed by atoms with E-state index in [2.05, 4.69) is 10.0 Å². The first-order valence-electron chi connectivity index (χ1n) is 10.7. The zero-order valence-electron chi connectivity index (χ0n) is 18.2. The highest BCUT2D eigenvalue weighted by atomic mass is 16.8. The van der Waals surface area contributed by atoms with E-state index in [1.807, 2.05) is 0 Å². The number of rotatable bonds is 1. The van der Waals surface area contributed by atoms with Crippen molar-refractivity contribution >= 4 is 17.9 Å². The van der Waals surface area contributed by atoms with Gasteiger partial charge in [-0.15, -0.1) is 0 Å². The molecule has 13 heteroatoms. The van der Waals surface area contributed by atoms with Gasteiger partial charge in [-0.1, -0.05) is 25.9 Å². The third kappa shape index (κ3) is 1.62. The third-order valence-electron chi connectivity index (χ3n) is 9.10. The van der Waals surface area contributed by atoms with E-state index in [9.17, 15) is 35.2 Å². The Kier molecular flexibility index (Phi) is 3.48. The predicted octanol–water partition coefficient (Wildman–Crippen LogP) is -0.876. The lowest BCUT2D eigenvalue weighted by Crippen LogP contribution is -2.64. The van der Waals surface area contributed by atoms with Gasteiger partial charge in [-0.2, -0.15) is 0 Å². The van der Waals surface area contributed by atoms with Crippen molar-refractivity contribution in [1.82, 2.24) is 0 Å². The first-order valence-corrected chi connectivity index (χ1v) is 10.7. The van der Waals surface area contributed by atoms with Crippen LogP contribution in [0, 0.1) is 34.0 Å². The number of aliphatic hydroxyl groups is 3. The molecule has 2 spiro atoms. The number of ether oxygens (including phenoxy) is 4. The molecule has 13 nitrogen and oxygen atoms in total. The van der Waals surface area contributed by atoms with Crippen LogP contribution in [-0.4, -0.2) is 75.3 Å². The van der Waals surface area contributed by atoms with E-state index in [0.717, 1.165) is 0 Å². The summed E-state index contributed by atoms with van der Waals surface area (Å²) in [4.78, 5) is 41.4. The largest absolute Gasteiger partial charge is 0.456 e. The number of aliphatic hydroxyl groups excluding tert-OH is 2. The van der Waals surface area contributed by atoms with Gasteiger partial charge in [0, 0.05) is 4.91 Å². The van der Waals surface area contributed by atoms with Gasteiger partial charge in [0.25, 0.3) is 5.79 Å². The predicted molar refractivity (Wildman–Crippen MR) is 100 cm³/mol. The Morgan fingerprint density at radius 3 is 2.36 bits per heavy atom. The minimum Gasteiger partial charge on any atom is -0.456 e. The minimum absolute atomic E-state index is 0.826. The molecule has 6 rings (SSSR count). The summed E-state index contributed by atoms with van der Waals surface area (Å²) in [5, 5.41) is 38.9. The van der Waals surface area contributed by atoms with Gasteiger partial charge in [0.05, 0.1) is 28.7 Å². The molecule has 4 heterocycles. The molecule has 2 aliphatic carbocycles. The SMILES string of the molecule is C[C@@H]1C(=O)O[C@H]2[C@H](O)[C@]34[C@@H]5C(=O)O[C@@]3(O[C@@H]3OC(=O)[C@H](O)[C@@]34[C@H](C(C)(C)C)[C@@H]5N=[N+]=[N-])[C@@]12O. The second-order valence-electron chi connectivity index (χ2n) is 11.0. The molecule has 0 aromatic heterocycles. The number of esters is 3. The highest BCUT2D eigenvalue weighted by Crippen LogP contribution is 2.86. The van der Waals surface area contributed by atoms with E-state index in [0.29, 0.717) is 0 Å². The van der Waals surface area contributed by atoms with E-state index in [4.69, 9.17) is 18.9 Å². The minimum atomic E-state index is -2.40. The number of nitrogens with zero attached hydrogens (tertiary/aromatic N) is 3. The molecule has 0 amide bonds. The van der Waals surface area contributed by atoms with Crippen LogP contribution in [0.25, 0.3) is 10.4 Å². The van der Waals surface area contributed by atoms with Crippen molar-refractivity contribution in [3.63, 3.8) is 0 Å². The van der Waals surface area contributed by atoms with Gasteiger partial charge >= 0.3 is 17.9 Å². The first-order chi connectivity index (χ1) is 15.3. The van der Waals surface area contributed by atoms with Gasteiger partial charge in [-0.3, -0.25) is 14.3 Å². The van der Waals surface area contributed by atoms with Gasteiger partial charge in [0.15, 0.2) is 17.8 Å². The maximum atomic E-state index is 13.4. The van der Waals surface area contributed by atoms with Gasteiger partial charge in [0.2, 0.25) is 6.29 Å². The Morgan fingerprint density at radius 2 is 1.76 bits per heavy atom. The van der Waals surface area contributed by atoms with Crippen LogP contribution >= 0.6 is 0 Å². The first kappa shape index (κ1) is 21.1. The second-order valence-corrected chi connectivity index (χ2v) is 11.0. The van der Waals surface area contributed by atoms with Crippen LogP contribution in [0.15, 0.2) is 5.11 Å². The molecule has 0 unspecified atom stereocenters. The fourth-order valence-corrected chi connectivity index (χ4v) is 8.42. The Bertz CT molecular complexity index is 1080.